The van der Waals surface area contributed by atoms with Gasteiger partial charge in [0.15, 0.2) is 6.29 Å². The Morgan fingerprint density at radius 3 is 1.08 bits per heavy atom. The van der Waals surface area contributed by atoms with E-state index in [0.29, 0.717) is 6.42 Å². The largest absolute Gasteiger partial charge is 0.394 e. The summed E-state index contributed by atoms with van der Waals surface area (Å²) in [4.78, 5) is 13.2. The molecular weight excluding hydrogens is 1100 g/mol. The lowest BCUT2D eigenvalue weighted by Crippen LogP contribution is -2.60. The number of hydrogen-bond donors (Lipinski definition) is 6. The second-order valence-electron chi connectivity index (χ2n) is 26.8. The molecule has 1 saturated heterocycles. The van der Waals surface area contributed by atoms with Crippen LogP contribution in [-0.2, 0) is 14.3 Å². The van der Waals surface area contributed by atoms with Crippen LogP contribution in [0.4, 0.5) is 0 Å². The quantitative estimate of drug-likeness (QED) is 0.0261. The minimum atomic E-state index is -1.57. The van der Waals surface area contributed by atoms with E-state index >= 15 is 0 Å². The van der Waals surface area contributed by atoms with E-state index in [1.807, 2.05) is 6.08 Å². The third-order valence-corrected chi connectivity index (χ3v) is 18.3. The van der Waals surface area contributed by atoms with Gasteiger partial charge >= 0.3 is 0 Å². The zero-order valence-electron chi connectivity index (χ0n) is 58.4. The molecule has 1 aliphatic rings. The Balaban J connectivity index is 2.09. The summed E-state index contributed by atoms with van der Waals surface area (Å²) >= 11 is 0. The molecule has 520 valence electrons. The van der Waals surface area contributed by atoms with Gasteiger partial charge in [0, 0.05) is 6.42 Å². The number of hydrogen-bond acceptors (Lipinski definition) is 8. The fraction of sp³-hybridized carbons (Fsp3) is 0.838. The monoisotopic (exact) mass is 1250 g/mol. The number of carbonyl (C=O) groups is 1. The van der Waals surface area contributed by atoms with E-state index in [1.54, 1.807) is 6.08 Å². The summed E-state index contributed by atoms with van der Waals surface area (Å²) < 4.78 is 11.3. The maximum atomic E-state index is 13.2. The van der Waals surface area contributed by atoms with Crippen molar-refractivity contribution in [2.75, 3.05) is 13.2 Å². The topological polar surface area (TPSA) is 149 Å². The van der Waals surface area contributed by atoms with Gasteiger partial charge in [0.2, 0.25) is 5.91 Å². The molecule has 0 aromatic rings. The van der Waals surface area contributed by atoms with Crippen molar-refractivity contribution in [1.29, 1.82) is 0 Å². The van der Waals surface area contributed by atoms with Gasteiger partial charge in [0.1, 0.15) is 24.4 Å². The predicted molar refractivity (Wildman–Crippen MR) is 382 cm³/mol. The van der Waals surface area contributed by atoms with Gasteiger partial charge in [-0.15, -0.1) is 0 Å². The number of ether oxygens (including phenoxy) is 2. The van der Waals surface area contributed by atoms with E-state index < -0.39 is 49.5 Å². The number of unbranched alkanes of at least 4 members (excludes halogenated alkanes) is 48. The highest BCUT2D eigenvalue weighted by atomic mass is 16.7. The molecule has 6 N–H and O–H groups in total. The van der Waals surface area contributed by atoms with Crippen molar-refractivity contribution < 1.29 is 39.8 Å². The Hall–Kier alpha value is -2.37. The average molecular weight is 1250 g/mol. The molecule has 1 amide bonds. The van der Waals surface area contributed by atoms with Gasteiger partial charge in [-0.3, -0.25) is 4.79 Å². The van der Waals surface area contributed by atoms with E-state index in [0.717, 1.165) is 64.2 Å². The van der Waals surface area contributed by atoms with Gasteiger partial charge in [-0.1, -0.05) is 369 Å². The van der Waals surface area contributed by atoms with Crippen LogP contribution in [0.15, 0.2) is 72.9 Å². The average Bonchev–Trinajstić information content (AvgIpc) is 2.28. The van der Waals surface area contributed by atoms with Crippen LogP contribution in [0, 0.1) is 0 Å². The van der Waals surface area contributed by atoms with Crippen LogP contribution in [0.1, 0.15) is 373 Å². The highest BCUT2D eigenvalue weighted by Crippen LogP contribution is 2.24. The summed E-state index contributed by atoms with van der Waals surface area (Å²) in [7, 11) is 0. The van der Waals surface area contributed by atoms with E-state index in [9.17, 15) is 30.3 Å². The minimum absolute atomic E-state index is 0.181. The molecule has 0 saturated carbocycles. The minimum Gasteiger partial charge on any atom is -0.394 e. The second-order valence-corrected chi connectivity index (χ2v) is 26.8. The van der Waals surface area contributed by atoms with Crippen molar-refractivity contribution in [2.24, 2.45) is 0 Å². The predicted octanol–water partition coefficient (Wildman–Crippen LogP) is 21.9. The van der Waals surface area contributed by atoms with Crippen LogP contribution in [0.5, 0.6) is 0 Å². The number of nitrogens with one attached hydrogen (secondary N) is 1. The van der Waals surface area contributed by atoms with E-state index in [2.05, 4.69) is 79.9 Å². The van der Waals surface area contributed by atoms with Crippen molar-refractivity contribution in [3.05, 3.63) is 72.9 Å². The Labute approximate surface area is 550 Å². The van der Waals surface area contributed by atoms with Crippen molar-refractivity contribution in [2.45, 2.75) is 416 Å². The lowest BCUT2D eigenvalue weighted by Gasteiger charge is -2.40. The first-order valence-corrected chi connectivity index (χ1v) is 38.7. The Bertz CT molecular complexity index is 1640. The van der Waals surface area contributed by atoms with Gasteiger partial charge < -0.3 is 40.3 Å². The van der Waals surface area contributed by atoms with Gasteiger partial charge in [0.25, 0.3) is 0 Å². The molecule has 0 radical (unpaired) electrons. The molecule has 1 aliphatic heterocycles. The summed E-state index contributed by atoms with van der Waals surface area (Å²) in [5.74, 6) is -0.181. The zero-order chi connectivity index (χ0) is 64.2. The van der Waals surface area contributed by atoms with Gasteiger partial charge in [-0.25, -0.2) is 0 Å². The molecule has 1 rings (SSSR count). The normalized spacial score (nSPS) is 18.2. The van der Waals surface area contributed by atoms with Crippen molar-refractivity contribution >= 4 is 5.91 Å². The standard InChI is InChI=1S/C80H147NO8/c1-3-5-7-9-11-13-15-17-19-21-23-25-27-29-31-33-35-36-37-38-40-42-44-46-48-50-52-54-56-58-60-62-64-66-68-70-76(84)81-73(72-88-80-79(87)78(86)77(85)75(71-82)89-80)74(83)69-67-65-63-61-59-57-55-53-51-49-47-45-43-41-39-34-32-30-28-26-24-22-20-18-16-14-12-10-8-6-4-2/h5,7,11,13,17,19,23,25,59,61,67,69,73-75,77-80,82-83,85-87H,3-4,6,8-10,12,14-16,18,20-22,24,26-58,60,62-66,68,70-72H2,1-2H3,(H,81,84)/b7-5-,13-11-,19-17-,25-23-,61-59+,69-67+. The first-order valence-electron chi connectivity index (χ1n) is 38.7. The summed E-state index contributed by atoms with van der Waals surface area (Å²) in [5, 5.41) is 54.9. The molecule has 0 aliphatic carbocycles. The lowest BCUT2D eigenvalue weighted by atomic mass is 9.99. The third-order valence-electron chi connectivity index (χ3n) is 18.3. The van der Waals surface area contributed by atoms with Crippen molar-refractivity contribution in [3.63, 3.8) is 0 Å². The Morgan fingerprint density at radius 1 is 0.393 bits per heavy atom. The number of rotatable bonds is 68. The summed E-state index contributed by atoms with van der Waals surface area (Å²) in [6.45, 7) is 3.70. The molecule has 7 atom stereocenters. The summed E-state index contributed by atoms with van der Waals surface area (Å²) in [6.07, 6.45) is 90.5. The number of allylic oxidation sites excluding steroid dienone is 11. The molecule has 1 heterocycles. The lowest BCUT2D eigenvalue weighted by molar-refractivity contribution is -0.302. The molecule has 9 heteroatoms. The summed E-state index contributed by atoms with van der Waals surface area (Å²) in [5.41, 5.74) is 0. The smallest absolute Gasteiger partial charge is 0.220 e. The van der Waals surface area contributed by atoms with E-state index in [4.69, 9.17) is 9.47 Å². The molecular formula is C80H147NO8. The maximum absolute atomic E-state index is 13.2. The Kier molecular flexibility index (Phi) is 65.1. The van der Waals surface area contributed by atoms with Crippen molar-refractivity contribution in [3.8, 4) is 0 Å². The van der Waals surface area contributed by atoms with Crippen LogP contribution in [0.25, 0.3) is 0 Å². The van der Waals surface area contributed by atoms with E-state index in [1.165, 1.54) is 289 Å². The first-order chi connectivity index (χ1) is 43.8. The molecule has 0 aromatic carbocycles. The zero-order valence-corrected chi connectivity index (χ0v) is 58.4. The van der Waals surface area contributed by atoms with E-state index in [-0.39, 0.29) is 12.5 Å². The Morgan fingerprint density at radius 2 is 0.708 bits per heavy atom. The molecule has 9 nitrogen and oxygen atoms in total. The molecule has 0 bridgehead atoms. The van der Waals surface area contributed by atoms with Gasteiger partial charge in [0.05, 0.1) is 25.4 Å². The van der Waals surface area contributed by atoms with Crippen molar-refractivity contribution in [1.82, 2.24) is 5.32 Å². The number of carbonyl (C=O) groups excluding carboxylic acids is 1. The number of aliphatic hydroxyl groups is 5. The highest BCUT2D eigenvalue weighted by Gasteiger charge is 2.44. The fourth-order valence-electron chi connectivity index (χ4n) is 12.3. The molecule has 89 heavy (non-hydrogen) atoms. The van der Waals surface area contributed by atoms with Gasteiger partial charge in [-0.2, -0.15) is 0 Å². The third kappa shape index (κ3) is 56.9. The van der Waals surface area contributed by atoms with Crippen LogP contribution in [0.2, 0.25) is 0 Å². The first kappa shape index (κ1) is 84.6. The van der Waals surface area contributed by atoms with Crippen LogP contribution < -0.4 is 5.32 Å². The van der Waals surface area contributed by atoms with Crippen LogP contribution >= 0.6 is 0 Å². The van der Waals surface area contributed by atoms with Crippen LogP contribution in [-0.4, -0.2) is 87.5 Å². The fourth-order valence-corrected chi connectivity index (χ4v) is 12.3. The maximum Gasteiger partial charge on any atom is 0.220 e. The summed E-state index contributed by atoms with van der Waals surface area (Å²) in [6, 6.07) is -0.825. The number of amides is 1. The molecule has 0 spiro atoms. The molecule has 1 fully saturated rings. The van der Waals surface area contributed by atoms with Crippen LogP contribution in [0.3, 0.4) is 0 Å². The SMILES string of the molecule is CC/C=C\C/C=C\C/C=C\C/C=C\CCCCCCCCCCCCCCCCCCCCCCCCC(=O)NC(COC1OC(CO)C(O)C(O)C1O)C(O)/C=C/CC/C=C/CCCCCCCCCCCCCCCCCCCCCCCCCCC. The highest BCUT2D eigenvalue weighted by molar-refractivity contribution is 5.76. The molecule has 7 unspecified atom stereocenters. The van der Waals surface area contributed by atoms with Gasteiger partial charge in [-0.05, 0) is 70.6 Å². The molecule has 0 aromatic heterocycles. The number of aliphatic hydroxyl groups excluding tert-OH is 5. The second kappa shape index (κ2) is 68.5.